The Morgan fingerprint density at radius 1 is 1.07 bits per heavy atom. The molecule has 1 aliphatic heterocycles. The number of nitrogens with two attached hydrogens (primary N) is 2. The van der Waals surface area contributed by atoms with Crippen LogP contribution >= 0.6 is 35.2 Å². The largest absolute Gasteiger partial charge is 0.481 e. The predicted octanol–water partition coefficient (Wildman–Crippen LogP) is -1.60. The molecule has 0 aromatic carbocycles. The summed E-state index contributed by atoms with van der Waals surface area (Å²) in [4.78, 5) is 87.0. The Kier molecular flexibility index (Phi) is 16.2. The van der Waals surface area contributed by atoms with E-state index in [9.17, 15) is 57.9 Å². The summed E-state index contributed by atoms with van der Waals surface area (Å²) in [6, 6.07) is -0.280. The number of aromatic nitrogens is 4. The molecule has 0 aliphatic carbocycles. The molecule has 0 spiro atoms. The van der Waals surface area contributed by atoms with E-state index < -0.39 is 84.6 Å². The number of carbonyl (C=O) groups excluding carboxylic acids is 3. The number of nitrogen functional groups attached to an aromatic ring is 1. The second-order valence-electron chi connectivity index (χ2n) is 12.5. The number of aliphatic hydroxyl groups is 2. The lowest BCUT2D eigenvalue weighted by molar-refractivity contribution is -0.137. The van der Waals surface area contributed by atoms with Gasteiger partial charge < -0.3 is 56.6 Å². The summed E-state index contributed by atoms with van der Waals surface area (Å²) in [5.74, 6) is -1.16. The molecule has 54 heavy (non-hydrogen) atoms. The predicted molar refractivity (Wildman–Crippen MR) is 185 cm³/mol. The smallest absolute Gasteiger partial charge is 0.386 e. The van der Waals surface area contributed by atoms with E-state index in [2.05, 4.69) is 34.4 Å². The quantitative estimate of drug-likeness (QED) is 0.0499. The number of fused-ring (bicyclic) bond motifs is 1. The summed E-state index contributed by atoms with van der Waals surface area (Å²) >= 11 is 1.02. The van der Waals surface area contributed by atoms with Crippen molar-refractivity contribution < 1.29 is 80.5 Å². The van der Waals surface area contributed by atoms with Crippen molar-refractivity contribution in [3.8, 4) is 0 Å². The molecule has 0 radical (unpaired) electrons. The van der Waals surface area contributed by atoms with Gasteiger partial charge in [-0.05, 0) is 6.92 Å². The highest BCUT2D eigenvalue weighted by molar-refractivity contribution is 8.13. The molecule has 29 heteroatoms. The van der Waals surface area contributed by atoms with Gasteiger partial charge in [0, 0.05) is 43.1 Å². The van der Waals surface area contributed by atoms with Crippen molar-refractivity contribution >= 4 is 69.1 Å². The van der Waals surface area contributed by atoms with E-state index in [0.29, 0.717) is 5.75 Å². The SMILES string of the molecule is CC(N)CC(=O)SCCNC(=O)CCNC(=O)[C@H](O)C(C)(C)COP(=O)(O)OP(=O)(O)OC[C@H]1O[C@@H](n2cnc3c(N)ncnc32)[C@H](O)[C@@H]1OP(=O)(O)O. The fourth-order valence-corrected chi connectivity index (χ4v) is 8.26. The molecule has 2 aromatic heterocycles. The average Bonchev–Trinajstić information content (AvgIpc) is 3.60. The Labute approximate surface area is 311 Å². The van der Waals surface area contributed by atoms with Crippen molar-refractivity contribution in [1.29, 1.82) is 0 Å². The highest BCUT2D eigenvalue weighted by Gasteiger charge is 2.50. The van der Waals surface area contributed by atoms with Crippen molar-refractivity contribution in [3.05, 3.63) is 12.7 Å². The highest BCUT2D eigenvalue weighted by Crippen LogP contribution is 2.61. The van der Waals surface area contributed by atoms with Crippen LogP contribution in [0.3, 0.4) is 0 Å². The minimum atomic E-state index is -5.57. The molecule has 12 N–H and O–H groups in total. The number of rotatable bonds is 21. The fourth-order valence-electron chi connectivity index (χ4n) is 4.62. The second-order valence-corrected chi connectivity index (χ2v) is 17.9. The number of nitrogens with one attached hydrogen (secondary N) is 2. The molecule has 0 saturated carbocycles. The van der Waals surface area contributed by atoms with Crippen LogP contribution in [0.5, 0.6) is 0 Å². The summed E-state index contributed by atoms with van der Waals surface area (Å²) in [5.41, 5.74) is 9.80. The van der Waals surface area contributed by atoms with E-state index in [1.807, 2.05) is 0 Å². The van der Waals surface area contributed by atoms with Gasteiger partial charge in [-0.3, -0.25) is 32.5 Å². The van der Waals surface area contributed by atoms with Gasteiger partial charge in [-0.2, -0.15) is 4.31 Å². The minimum Gasteiger partial charge on any atom is -0.386 e. The molecular formula is C25H43N8O17P3S. The molecule has 306 valence electrons. The second kappa shape index (κ2) is 19.1. The molecule has 2 aromatic rings. The number of aliphatic hydroxyl groups excluding tert-OH is 2. The molecule has 2 amide bonds. The van der Waals surface area contributed by atoms with Crippen LogP contribution in [0.1, 0.15) is 39.8 Å². The first-order valence-electron chi connectivity index (χ1n) is 15.7. The van der Waals surface area contributed by atoms with Gasteiger partial charge in [0.1, 0.15) is 36.3 Å². The van der Waals surface area contributed by atoms with Crippen LogP contribution in [0.25, 0.3) is 11.2 Å². The van der Waals surface area contributed by atoms with Crippen molar-refractivity contribution in [2.24, 2.45) is 11.1 Å². The maximum absolute atomic E-state index is 12.6. The number of hydrogen-bond acceptors (Lipinski definition) is 19. The third-order valence-electron chi connectivity index (χ3n) is 7.25. The summed E-state index contributed by atoms with van der Waals surface area (Å²) < 4.78 is 62.0. The molecule has 3 rings (SSSR count). The third kappa shape index (κ3) is 13.9. The van der Waals surface area contributed by atoms with Gasteiger partial charge in [0.15, 0.2) is 22.8 Å². The average molecular weight is 853 g/mol. The Morgan fingerprint density at radius 3 is 2.39 bits per heavy atom. The number of amides is 2. The van der Waals surface area contributed by atoms with Crippen molar-refractivity contribution in [2.45, 2.75) is 70.3 Å². The van der Waals surface area contributed by atoms with Crippen LogP contribution in [0.4, 0.5) is 5.82 Å². The first-order chi connectivity index (χ1) is 24.9. The lowest BCUT2D eigenvalue weighted by atomic mass is 9.87. The molecule has 3 heterocycles. The number of imidazole rings is 1. The Morgan fingerprint density at radius 2 is 1.74 bits per heavy atom. The van der Waals surface area contributed by atoms with Crippen LogP contribution in [0.15, 0.2) is 12.7 Å². The molecular weight excluding hydrogens is 809 g/mol. The standard InChI is InChI=1S/C25H43N8O17P3S/c1-13(26)8-16(35)54-7-6-28-15(34)4-5-29-23(38)20(37)25(2,3)10-47-53(44,45)50-52(42,43)46-9-14-19(49-51(39,40)41)18(36)24(48-14)33-12-32-17-21(27)30-11-31-22(17)33/h11-14,18-20,24,36-37H,4-10,26H2,1-3H3,(H,28,34)(H,29,38)(H,42,43)(H,44,45)(H2,27,30,31)(H2,39,40,41)/t13?,14-,18-,19-,20+,24-/m1/s1. The zero-order valence-electron chi connectivity index (χ0n) is 28.9. The summed E-state index contributed by atoms with van der Waals surface area (Å²) in [7, 11) is -16.4. The number of anilines is 1. The van der Waals surface area contributed by atoms with E-state index in [4.69, 9.17) is 25.3 Å². The number of hydrogen-bond donors (Lipinski definition) is 10. The maximum atomic E-state index is 12.6. The zero-order valence-corrected chi connectivity index (χ0v) is 32.4. The topological polar surface area (TPSA) is 390 Å². The van der Waals surface area contributed by atoms with Crippen LogP contribution < -0.4 is 22.1 Å². The molecule has 25 nitrogen and oxygen atoms in total. The first-order valence-corrected chi connectivity index (χ1v) is 21.2. The van der Waals surface area contributed by atoms with Gasteiger partial charge in [-0.15, -0.1) is 0 Å². The first kappa shape index (κ1) is 45.9. The van der Waals surface area contributed by atoms with Crippen LogP contribution in [0.2, 0.25) is 0 Å². The van der Waals surface area contributed by atoms with Gasteiger partial charge in [0.2, 0.25) is 11.8 Å². The number of phosphoric ester groups is 3. The maximum Gasteiger partial charge on any atom is 0.481 e. The lowest BCUT2D eigenvalue weighted by Gasteiger charge is -2.30. The monoisotopic (exact) mass is 852 g/mol. The lowest BCUT2D eigenvalue weighted by Crippen LogP contribution is -2.46. The molecule has 1 aliphatic rings. The number of carbonyl (C=O) groups is 3. The molecule has 8 atom stereocenters. The molecule has 0 bridgehead atoms. The molecule has 3 unspecified atom stereocenters. The summed E-state index contributed by atoms with van der Waals surface area (Å²) in [6.07, 6.45) is -6.74. The van der Waals surface area contributed by atoms with E-state index >= 15 is 0 Å². The fraction of sp³-hybridized carbons (Fsp3) is 0.680. The van der Waals surface area contributed by atoms with Gasteiger partial charge >= 0.3 is 23.5 Å². The van der Waals surface area contributed by atoms with Gasteiger partial charge in [0.25, 0.3) is 0 Å². The number of ether oxygens (including phenoxy) is 1. The van der Waals surface area contributed by atoms with E-state index in [-0.39, 0.29) is 54.1 Å². The van der Waals surface area contributed by atoms with Crippen molar-refractivity contribution in [1.82, 2.24) is 30.2 Å². The van der Waals surface area contributed by atoms with Gasteiger partial charge in [-0.1, -0.05) is 25.6 Å². The Bertz CT molecular complexity index is 1780. The van der Waals surface area contributed by atoms with Gasteiger partial charge in [0.05, 0.1) is 19.5 Å². The normalized spacial score (nSPS) is 22.6. The number of nitrogens with zero attached hydrogens (tertiary/aromatic N) is 4. The van der Waals surface area contributed by atoms with E-state index in [1.54, 1.807) is 6.92 Å². The number of thioether (sulfide) groups is 1. The number of phosphoric acid groups is 3. The van der Waals surface area contributed by atoms with Crippen LogP contribution in [-0.2, 0) is 50.7 Å². The van der Waals surface area contributed by atoms with Gasteiger partial charge in [-0.25, -0.2) is 28.6 Å². The summed E-state index contributed by atoms with van der Waals surface area (Å²) in [6.45, 7) is 2.14. The molecule has 1 fully saturated rings. The highest BCUT2D eigenvalue weighted by atomic mass is 32.2. The minimum absolute atomic E-state index is 0.0286. The van der Waals surface area contributed by atoms with E-state index in [1.165, 1.54) is 13.8 Å². The van der Waals surface area contributed by atoms with Crippen LogP contribution in [0, 0.1) is 5.41 Å². The van der Waals surface area contributed by atoms with E-state index in [0.717, 1.165) is 29.0 Å². The Hall–Kier alpha value is -2.48. The van der Waals surface area contributed by atoms with Crippen molar-refractivity contribution in [2.75, 3.05) is 37.8 Å². The zero-order chi connectivity index (χ0) is 40.6. The summed E-state index contributed by atoms with van der Waals surface area (Å²) in [5, 5.41) is 26.1. The molecule has 1 saturated heterocycles. The Balaban J connectivity index is 1.51. The van der Waals surface area contributed by atoms with Crippen molar-refractivity contribution in [3.63, 3.8) is 0 Å². The van der Waals surface area contributed by atoms with Crippen LogP contribution in [-0.4, -0.2) is 129 Å². The third-order valence-corrected chi connectivity index (χ3v) is 11.3.